The fraction of sp³-hybridized carbons (Fsp3) is 0. The Morgan fingerprint density at radius 3 is 2.76 bits per heavy atom. The maximum atomic E-state index is 13.3. The summed E-state index contributed by atoms with van der Waals surface area (Å²) in [5.74, 6) is -1.57. The molecule has 0 spiro atoms. The van der Waals surface area contributed by atoms with E-state index in [9.17, 15) is 9.18 Å². The quantitative estimate of drug-likeness (QED) is 0.847. The van der Waals surface area contributed by atoms with Crippen LogP contribution in [0.15, 0.2) is 24.3 Å². The van der Waals surface area contributed by atoms with Crippen LogP contribution in [0.1, 0.15) is 21.7 Å². The standard InChI is InChI=1S/C11H8FN3O2/c12-8-4-2-1-3-7(8)5-6-9-10(11(16)17)14-15-13-9/h1-6H,(H,16,17)(H,13,14,15). The minimum absolute atomic E-state index is 0.153. The highest BCUT2D eigenvalue weighted by Gasteiger charge is 2.12. The Hall–Kier alpha value is -2.50. The van der Waals surface area contributed by atoms with Gasteiger partial charge in [0.25, 0.3) is 0 Å². The number of hydrogen-bond acceptors (Lipinski definition) is 3. The average molecular weight is 233 g/mol. The number of hydrogen-bond donors (Lipinski definition) is 2. The molecule has 86 valence electrons. The van der Waals surface area contributed by atoms with Gasteiger partial charge in [-0.2, -0.15) is 10.3 Å². The van der Waals surface area contributed by atoms with Crippen molar-refractivity contribution in [1.29, 1.82) is 0 Å². The van der Waals surface area contributed by atoms with Gasteiger partial charge in [-0.05, 0) is 18.2 Å². The monoisotopic (exact) mass is 233 g/mol. The van der Waals surface area contributed by atoms with Crippen molar-refractivity contribution in [3.63, 3.8) is 0 Å². The van der Waals surface area contributed by atoms with E-state index in [1.165, 1.54) is 18.2 Å². The molecule has 0 aliphatic rings. The van der Waals surface area contributed by atoms with Crippen molar-refractivity contribution in [3.8, 4) is 0 Å². The number of H-pyrrole nitrogens is 1. The number of nitrogens with one attached hydrogen (secondary N) is 1. The highest BCUT2D eigenvalue weighted by molar-refractivity contribution is 5.90. The maximum Gasteiger partial charge on any atom is 0.358 e. The van der Waals surface area contributed by atoms with Gasteiger partial charge in [-0.3, -0.25) is 0 Å². The van der Waals surface area contributed by atoms with Gasteiger partial charge in [0.1, 0.15) is 11.5 Å². The number of aromatic nitrogens is 3. The zero-order valence-corrected chi connectivity index (χ0v) is 8.59. The van der Waals surface area contributed by atoms with Crippen LogP contribution in [0.25, 0.3) is 12.2 Å². The van der Waals surface area contributed by atoms with Gasteiger partial charge in [0.15, 0.2) is 5.69 Å². The van der Waals surface area contributed by atoms with E-state index in [-0.39, 0.29) is 17.2 Å². The van der Waals surface area contributed by atoms with E-state index in [4.69, 9.17) is 5.11 Å². The molecule has 2 N–H and O–H groups in total. The molecule has 0 atom stereocenters. The van der Waals surface area contributed by atoms with Gasteiger partial charge >= 0.3 is 5.97 Å². The predicted molar refractivity (Wildman–Crippen MR) is 58.7 cm³/mol. The van der Waals surface area contributed by atoms with E-state index >= 15 is 0 Å². The first-order valence-electron chi connectivity index (χ1n) is 4.75. The number of aromatic amines is 1. The van der Waals surface area contributed by atoms with Gasteiger partial charge in [-0.25, -0.2) is 9.18 Å². The molecular weight excluding hydrogens is 225 g/mol. The molecule has 2 rings (SSSR count). The summed E-state index contributed by atoms with van der Waals surface area (Å²) in [5.41, 5.74) is 0.310. The van der Waals surface area contributed by atoms with Crippen LogP contribution in [0.4, 0.5) is 4.39 Å². The maximum absolute atomic E-state index is 13.3. The number of carboxylic acid groups (broad SMARTS) is 1. The topological polar surface area (TPSA) is 78.9 Å². The van der Waals surface area contributed by atoms with E-state index in [1.54, 1.807) is 18.2 Å². The Bertz CT molecular complexity index is 578. The molecular formula is C11H8FN3O2. The lowest BCUT2D eigenvalue weighted by atomic mass is 10.2. The third kappa shape index (κ3) is 2.36. The van der Waals surface area contributed by atoms with Crippen LogP contribution >= 0.6 is 0 Å². The molecule has 0 saturated heterocycles. The summed E-state index contributed by atoms with van der Waals surface area (Å²) >= 11 is 0. The van der Waals surface area contributed by atoms with Gasteiger partial charge in [0.05, 0.1) is 0 Å². The second kappa shape index (κ2) is 4.56. The minimum Gasteiger partial charge on any atom is -0.476 e. The van der Waals surface area contributed by atoms with E-state index in [2.05, 4.69) is 15.4 Å². The molecule has 0 bridgehead atoms. The number of nitrogens with zero attached hydrogens (tertiary/aromatic N) is 2. The van der Waals surface area contributed by atoms with E-state index in [0.29, 0.717) is 5.56 Å². The molecule has 0 saturated carbocycles. The van der Waals surface area contributed by atoms with Gasteiger partial charge in [-0.1, -0.05) is 18.2 Å². The van der Waals surface area contributed by atoms with Crippen molar-refractivity contribution in [2.45, 2.75) is 0 Å². The van der Waals surface area contributed by atoms with Gasteiger partial charge in [-0.15, -0.1) is 5.10 Å². The normalized spacial score (nSPS) is 10.9. The fourth-order valence-electron chi connectivity index (χ4n) is 1.29. The largest absolute Gasteiger partial charge is 0.476 e. The van der Waals surface area contributed by atoms with Crippen molar-refractivity contribution in [2.24, 2.45) is 0 Å². The second-order valence-corrected chi connectivity index (χ2v) is 3.22. The Morgan fingerprint density at radius 2 is 2.06 bits per heavy atom. The molecule has 1 aromatic heterocycles. The van der Waals surface area contributed by atoms with Crippen molar-refractivity contribution in [2.75, 3.05) is 0 Å². The lowest BCUT2D eigenvalue weighted by Crippen LogP contribution is -1.98. The van der Waals surface area contributed by atoms with Gasteiger partial charge < -0.3 is 5.11 Å². The van der Waals surface area contributed by atoms with Crippen LogP contribution in [0.3, 0.4) is 0 Å². The Labute approximate surface area is 95.6 Å². The number of benzene rings is 1. The summed E-state index contributed by atoms with van der Waals surface area (Å²) < 4.78 is 13.3. The highest BCUT2D eigenvalue weighted by atomic mass is 19.1. The molecule has 0 radical (unpaired) electrons. The van der Waals surface area contributed by atoms with Crippen molar-refractivity contribution < 1.29 is 14.3 Å². The first-order valence-corrected chi connectivity index (χ1v) is 4.75. The lowest BCUT2D eigenvalue weighted by Gasteiger charge is -1.94. The summed E-state index contributed by atoms with van der Waals surface area (Å²) in [4.78, 5) is 10.7. The first kappa shape index (κ1) is 11.0. The zero-order valence-electron chi connectivity index (χ0n) is 8.59. The molecule has 0 amide bonds. The van der Waals surface area contributed by atoms with Crippen LogP contribution in [0.5, 0.6) is 0 Å². The molecule has 2 aromatic rings. The number of carbonyl (C=O) groups is 1. The summed E-state index contributed by atoms with van der Waals surface area (Å²) in [6.07, 6.45) is 2.84. The van der Waals surface area contributed by atoms with E-state index < -0.39 is 5.97 Å². The molecule has 6 heteroatoms. The number of halogens is 1. The van der Waals surface area contributed by atoms with Crippen LogP contribution in [0.2, 0.25) is 0 Å². The summed E-state index contributed by atoms with van der Waals surface area (Å²) in [5, 5.41) is 18.1. The Kier molecular flexibility index (Phi) is 2.95. The van der Waals surface area contributed by atoms with Gasteiger partial charge in [0.2, 0.25) is 0 Å². The molecule has 1 aromatic carbocycles. The third-order valence-corrected chi connectivity index (χ3v) is 2.10. The number of carboxylic acids is 1. The van der Waals surface area contributed by atoms with Crippen LogP contribution in [0, 0.1) is 5.82 Å². The van der Waals surface area contributed by atoms with Crippen LogP contribution in [-0.2, 0) is 0 Å². The molecule has 1 heterocycles. The van der Waals surface area contributed by atoms with Crippen molar-refractivity contribution in [3.05, 3.63) is 47.0 Å². The third-order valence-electron chi connectivity index (χ3n) is 2.10. The molecule has 0 aliphatic carbocycles. The minimum atomic E-state index is -1.19. The summed E-state index contributed by atoms with van der Waals surface area (Å²) in [6, 6.07) is 6.15. The van der Waals surface area contributed by atoms with E-state index in [1.807, 2.05) is 0 Å². The van der Waals surface area contributed by atoms with E-state index in [0.717, 1.165) is 0 Å². The molecule has 5 nitrogen and oxygen atoms in total. The molecule has 17 heavy (non-hydrogen) atoms. The highest BCUT2D eigenvalue weighted by Crippen LogP contribution is 2.11. The number of aromatic carboxylic acids is 1. The predicted octanol–water partition coefficient (Wildman–Crippen LogP) is 1.81. The Morgan fingerprint density at radius 1 is 1.29 bits per heavy atom. The Balaban J connectivity index is 2.30. The van der Waals surface area contributed by atoms with Crippen molar-refractivity contribution >= 4 is 18.1 Å². The average Bonchev–Trinajstić information content (AvgIpc) is 2.76. The fourth-order valence-corrected chi connectivity index (χ4v) is 1.29. The summed E-state index contributed by atoms with van der Waals surface area (Å²) in [7, 11) is 0. The van der Waals surface area contributed by atoms with Gasteiger partial charge in [0, 0.05) is 5.56 Å². The van der Waals surface area contributed by atoms with Crippen molar-refractivity contribution in [1.82, 2.24) is 15.4 Å². The summed E-state index contributed by atoms with van der Waals surface area (Å²) in [6.45, 7) is 0. The molecule has 0 aliphatic heterocycles. The van der Waals surface area contributed by atoms with Crippen LogP contribution < -0.4 is 0 Å². The van der Waals surface area contributed by atoms with Crippen LogP contribution in [-0.4, -0.2) is 26.5 Å². The first-order chi connectivity index (χ1) is 8.18. The SMILES string of the molecule is O=C(O)c1n[nH]nc1C=Cc1ccccc1F. The zero-order chi connectivity index (χ0) is 12.3. The lowest BCUT2D eigenvalue weighted by molar-refractivity contribution is 0.0690. The molecule has 0 fully saturated rings. The molecule has 0 unspecified atom stereocenters. The number of rotatable bonds is 3. The second-order valence-electron chi connectivity index (χ2n) is 3.22. The smallest absolute Gasteiger partial charge is 0.358 e.